The molecular weight excluding hydrogens is 238 g/mol. The van der Waals surface area contributed by atoms with Gasteiger partial charge in [0.25, 0.3) is 0 Å². The van der Waals surface area contributed by atoms with Crippen LogP contribution in [-0.4, -0.2) is 21.5 Å². The molecular formula is C11H10ClN5. The number of halogens is 1. The van der Waals surface area contributed by atoms with E-state index in [-0.39, 0.29) is 0 Å². The lowest BCUT2D eigenvalue weighted by Crippen LogP contribution is -2.11. The van der Waals surface area contributed by atoms with E-state index in [9.17, 15) is 0 Å². The Balaban J connectivity index is 2.00. The van der Waals surface area contributed by atoms with Crippen molar-refractivity contribution in [1.82, 2.24) is 15.0 Å². The van der Waals surface area contributed by atoms with E-state index in [0.717, 1.165) is 5.69 Å². The van der Waals surface area contributed by atoms with Gasteiger partial charge in [-0.1, -0.05) is 22.9 Å². The number of benzene rings is 1. The summed E-state index contributed by atoms with van der Waals surface area (Å²) in [6.07, 6.45) is 3.41. The van der Waals surface area contributed by atoms with Crippen molar-refractivity contribution in [3.05, 3.63) is 41.2 Å². The lowest BCUT2D eigenvalue weighted by atomic mass is 10.2. The Morgan fingerprint density at radius 2 is 2.35 bits per heavy atom. The van der Waals surface area contributed by atoms with Crippen LogP contribution in [0.25, 0.3) is 0 Å². The summed E-state index contributed by atoms with van der Waals surface area (Å²) in [5.41, 5.74) is 1.20. The lowest BCUT2D eigenvalue weighted by molar-refractivity contribution is 0.609. The monoisotopic (exact) mass is 247 g/mol. The molecule has 0 saturated carbocycles. The van der Waals surface area contributed by atoms with Crippen molar-refractivity contribution in [2.75, 3.05) is 11.9 Å². The van der Waals surface area contributed by atoms with Crippen molar-refractivity contribution in [3.63, 3.8) is 0 Å². The normalized spacial score (nSPS) is 9.88. The highest BCUT2D eigenvalue weighted by molar-refractivity contribution is 6.32. The van der Waals surface area contributed by atoms with E-state index in [0.29, 0.717) is 23.7 Å². The van der Waals surface area contributed by atoms with Gasteiger partial charge in [-0.05, 0) is 12.1 Å². The first-order valence-corrected chi connectivity index (χ1v) is 5.45. The zero-order chi connectivity index (χ0) is 12.1. The van der Waals surface area contributed by atoms with Crippen LogP contribution in [0.1, 0.15) is 5.56 Å². The summed E-state index contributed by atoms with van der Waals surface area (Å²) in [6.45, 7) is 1.33. The van der Waals surface area contributed by atoms with Crippen molar-refractivity contribution < 1.29 is 0 Å². The molecule has 0 spiro atoms. The van der Waals surface area contributed by atoms with Crippen LogP contribution in [0.3, 0.4) is 0 Å². The second-order valence-corrected chi connectivity index (χ2v) is 3.77. The van der Waals surface area contributed by atoms with Crippen molar-refractivity contribution in [1.29, 1.82) is 5.26 Å². The first-order valence-electron chi connectivity index (χ1n) is 5.08. The maximum atomic E-state index is 8.98. The van der Waals surface area contributed by atoms with Gasteiger partial charge in [-0.25, -0.2) is 0 Å². The minimum Gasteiger partial charge on any atom is -0.382 e. The predicted octanol–water partition coefficient (Wildman–Crippen LogP) is 1.92. The smallest absolute Gasteiger partial charge is 0.103 e. The summed E-state index contributed by atoms with van der Waals surface area (Å²) >= 11 is 5.92. The second-order valence-electron chi connectivity index (χ2n) is 3.37. The molecule has 0 aliphatic heterocycles. The third-order valence-corrected chi connectivity index (χ3v) is 2.57. The van der Waals surface area contributed by atoms with Crippen LogP contribution in [0, 0.1) is 11.3 Å². The highest BCUT2D eigenvalue weighted by Crippen LogP contribution is 2.22. The molecule has 86 valence electrons. The molecule has 6 heteroatoms. The van der Waals surface area contributed by atoms with Crippen LogP contribution in [0.15, 0.2) is 30.6 Å². The molecule has 0 atom stereocenters. The van der Waals surface area contributed by atoms with E-state index >= 15 is 0 Å². The number of nitriles is 1. The minimum atomic E-state index is 0.457. The number of hydrogen-bond acceptors (Lipinski definition) is 4. The Hall–Kier alpha value is -2.06. The van der Waals surface area contributed by atoms with Crippen molar-refractivity contribution >= 4 is 17.3 Å². The summed E-state index contributed by atoms with van der Waals surface area (Å²) in [5.74, 6) is 0. The molecule has 0 saturated heterocycles. The molecule has 1 aromatic heterocycles. The van der Waals surface area contributed by atoms with Crippen molar-refractivity contribution in [2.24, 2.45) is 0 Å². The van der Waals surface area contributed by atoms with Gasteiger partial charge in [-0.2, -0.15) is 5.26 Å². The average molecular weight is 248 g/mol. The molecule has 0 aliphatic rings. The Morgan fingerprint density at radius 1 is 1.47 bits per heavy atom. The second kappa shape index (κ2) is 5.32. The molecule has 0 radical (unpaired) electrons. The number of aromatic nitrogens is 3. The minimum absolute atomic E-state index is 0.457. The highest BCUT2D eigenvalue weighted by Gasteiger charge is 2.05. The first-order chi connectivity index (χ1) is 8.31. The van der Waals surface area contributed by atoms with Crippen LogP contribution in [-0.2, 0) is 6.54 Å². The summed E-state index contributed by atoms with van der Waals surface area (Å²) in [7, 11) is 0. The average Bonchev–Trinajstić information content (AvgIpc) is 2.82. The Labute approximate surface area is 104 Å². The van der Waals surface area contributed by atoms with E-state index < -0.39 is 0 Å². The van der Waals surface area contributed by atoms with Gasteiger partial charge >= 0.3 is 0 Å². The van der Waals surface area contributed by atoms with E-state index in [4.69, 9.17) is 16.9 Å². The van der Waals surface area contributed by atoms with Crippen LogP contribution in [0.2, 0.25) is 5.02 Å². The number of rotatable bonds is 4. The van der Waals surface area contributed by atoms with Crippen LogP contribution in [0.5, 0.6) is 0 Å². The van der Waals surface area contributed by atoms with Crippen LogP contribution >= 0.6 is 11.6 Å². The Bertz CT molecular complexity index is 529. The van der Waals surface area contributed by atoms with E-state index in [1.165, 1.54) is 0 Å². The van der Waals surface area contributed by atoms with E-state index in [1.54, 1.807) is 29.2 Å². The standard InChI is InChI=1S/C11H10ClN5/c12-10-2-1-3-11(9(10)8-13)14-4-6-17-7-5-15-16-17/h1-3,5,7,14H,4,6H2. The van der Waals surface area contributed by atoms with Gasteiger partial charge in [0.15, 0.2) is 0 Å². The summed E-state index contributed by atoms with van der Waals surface area (Å²) in [6, 6.07) is 7.41. The van der Waals surface area contributed by atoms with Gasteiger partial charge in [0.1, 0.15) is 6.07 Å². The largest absolute Gasteiger partial charge is 0.382 e. The zero-order valence-corrected chi connectivity index (χ0v) is 9.72. The van der Waals surface area contributed by atoms with Gasteiger partial charge < -0.3 is 5.32 Å². The SMILES string of the molecule is N#Cc1c(Cl)cccc1NCCn1ccnn1. The van der Waals surface area contributed by atoms with Crippen LogP contribution < -0.4 is 5.32 Å². The molecule has 0 aliphatic carbocycles. The molecule has 1 N–H and O–H groups in total. The zero-order valence-electron chi connectivity index (χ0n) is 8.97. The third-order valence-electron chi connectivity index (χ3n) is 2.25. The number of nitrogens with one attached hydrogen (secondary N) is 1. The van der Waals surface area contributed by atoms with Gasteiger partial charge in [-0.3, -0.25) is 4.68 Å². The van der Waals surface area contributed by atoms with Gasteiger partial charge in [0.05, 0.1) is 29.0 Å². The molecule has 2 aromatic rings. The summed E-state index contributed by atoms with van der Waals surface area (Å²) in [5, 5.41) is 20.1. The van der Waals surface area contributed by atoms with Gasteiger partial charge in [-0.15, -0.1) is 5.10 Å². The highest BCUT2D eigenvalue weighted by atomic mass is 35.5. The van der Waals surface area contributed by atoms with E-state index in [1.807, 2.05) is 6.07 Å². The predicted molar refractivity (Wildman–Crippen MR) is 64.7 cm³/mol. The molecule has 0 amide bonds. The summed E-state index contributed by atoms with van der Waals surface area (Å²) in [4.78, 5) is 0. The lowest BCUT2D eigenvalue weighted by Gasteiger charge is -2.08. The molecule has 0 fully saturated rings. The van der Waals surface area contributed by atoms with Gasteiger partial charge in [0, 0.05) is 12.7 Å². The molecule has 17 heavy (non-hydrogen) atoms. The third kappa shape index (κ3) is 2.74. The number of nitrogens with zero attached hydrogens (tertiary/aromatic N) is 4. The maximum absolute atomic E-state index is 8.98. The Kier molecular flexibility index (Phi) is 3.58. The maximum Gasteiger partial charge on any atom is 0.103 e. The quantitative estimate of drug-likeness (QED) is 0.896. The fourth-order valence-corrected chi connectivity index (χ4v) is 1.66. The Morgan fingerprint density at radius 3 is 3.06 bits per heavy atom. The van der Waals surface area contributed by atoms with E-state index in [2.05, 4.69) is 21.7 Å². The van der Waals surface area contributed by atoms with Crippen LogP contribution in [0.4, 0.5) is 5.69 Å². The topological polar surface area (TPSA) is 66.5 Å². The molecule has 1 aromatic carbocycles. The number of hydrogen-bond donors (Lipinski definition) is 1. The van der Waals surface area contributed by atoms with Gasteiger partial charge in [0.2, 0.25) is 0 Å². The molecule has 1 heterocycles. The van der Waals surface area contributed by atoms with Crippen molar-refractivity contribution in [3.8, 4) is 6.07 Å². The summed E-state index contributed by atoms with van der Waals surface area (Å²) < 4.78 is 1.71. The molecule has 0 bridgehead atoms. The molecule has 5 nitrogen and oxygen atoms in total. The van der Waals surface area contributed by atoms with Crippen molar-refractivity contribution in [2.45, 2.75) is 6.54 Å². The number of anilines is 1. The fraction of sp³-hybridized carbons (Fsp3) is 0.182. The molecule has 0 unspecified atom stereocenters. The fourth-order valence-electron chi connectivity index (χ4n) is 1.44. The first kappa shape index (κ1) is 11.4. The molecule has 2 rings (SSSR count).